The second kappa shape index (κ2) is 10.3. The van der Waals surface area contributed by atoms with Crippen LogP contribution in [-0.4, -0.2) is 58.8 Å². The number of pyridine rings is 1. The van der Waals surface area contributed by atoms with E-state index < -0.39 is 17.7 Å². The highest BCUT2D eigenvalue weighted by Gasteiger charge is 2.45. The minimum absolute atomic E-state index is 0.0768. The molecule has 2 aromatic carbocycles. The molecule has 1 aliphatic rings. The van der Waals surface area contributed by atoms with Crippen molar-refractivity contribution in [3.63, 3.8) is 0 Å². The molecule has 1 aliphatic heterocycles. The van der Waals surface area contributed by atoms with Crippen molar-refractivity contribution in [1.82, 2.24) is 14.8 Å². The number of carbonyl (C=O) groups is 2. The molecule has 174 valence electrons. The van der Waals surface area contributed by atoms with E-state index in [0.29, 0.717) is 31.0 Å². The summed E-state index contributed by atoms with van der Waals surface area (Å²) in [5.74, 6) is -0.879. The lowest BCUT2D eigenvalue weighted by Crippen LogP contribution is -2.35. The van der Waals surface area contributed by atoms with E-state index in [1.165, 1.54) is 4.90 Å². The predicted molar refractivity (Wildman–Crippen MR) is 129 cm³/mol. The number of ether oxygens (including phenoxy) is 1. The molecule has 3 aromatic rings. The normalized spacial score (nSPS) is 17.4. The maximum atomic E-state index is 13.0. The summed E-state index contributed by atoms with van der Waals surface area (Å²) >= 11 is 0. The summed E-state index contributed by atoms with van der Waals surface area (Å²) in [6, 6.07) is 19.5. The molecular formula is C27H27N3O4. The highest BCUT2D eigenvalue weighted by atomic mass is 16.5. The smallest absolute Gasteiger partial charge is 0.295 e. The molecule has 0 radical (unpaired) electrons. The van der Waals surface area contributed by atoms with E-state index in [1.807, 2.05) is 49.3 Å². The number of hydrogen-bond donors (Lipinski definition) is 1. The first-order chi connectivity index (χ1) is 16.5. The van der Waals surface area contributed by atoms with Gasteiger partial charge in [-0.1, -0.05) is 30.3 Å². The number of hydrogen-bond acceptors (Lipinski definition) is 6. The molecule has 1 fully saturated rings. The summed E-state index contributed by atoms with van der Waals surface area (Å²) in [4.78, 5) is 33.4. The Bertz CT molecular complexity index is 1180. The van der Waals surface area contributed by atoms with Crippen molar-refractivity contribution < 1.29 is 19.4 Å². The quantitative estimate of drug-likeness (QED) is 0.316. The number of amides is 1. The maximum absolute atomic E-state index is 13.0. The van der Waals surface area contributed by atoms with Gasteiger partial charge in [-0.05, 0) is 61.6 Å². The lowest BCUT2D eigenvalue weighted by molar-refractivity contribution is -0.140. The van der Waals surface area contributed by atoms with Gasteiger partial charge in [0.1, 0.15) is 18.1 Å². The number of aromatic nitrogens is 1. The van der Waals surface area contributed by atoms with Gasteiger partial charge in [0.25, 0.3) is 11.7 Å². The van der Waals surface area contributed by atoms with Crippen molar-refractivity contribution >= 4 is 17.4 Å². The van der Waals surface area contributed by atoms with Crippen LogP contribution in [0.5, 0.6) is 5.75 Å². The fraction of sp³-hybridized carbons (Fsp3) is 0.222. The highest BCUT2D eigenvalue weighted by molar-refractivity contribution is 6.46. The second-order valence-electron chi connectivity index (χ2n) is 8.37. The number of likely N-dealkylation sites (N-methyl/N-ethyl adjacent to an activating group) is 1. The van der Waals surface area contributed by atoms with Gasteiger partial charge in [-0.25, -0.2) is 0 Å². The molecule has 1 saturated heterocycles. The van der Waals surface area contributed by atoms with Gasteiger partial charge in [0.2, 0.25) is 0 Å². The molecule has 1 amide bonds. The van der Waals surface area contributed by atoms with Gasteiger partial charge in [-0.15, -0.1) is 0 Å². The van der Waals surface area contributed by atoms with E-state index in [-0.39, 0.29) is 11.3 Å². The average molecular weight is 458 g/mol. The molecule has 2 heterocycles. The standard InChI is InChI=1S/C27H27N3O4/c1-29(2)16-17-30-24(20-12-14-28-15-13-20)23(26(32)27(30)33)25(31)21-8-10-22(11-9-21)34-18-19-6-4-3-5-7-19/h3-15,24,31H,16-18H2,1-2H3/t24-/m1/s1. The van der Waals surface area contributed by atoms with Crippen LogP contribution in [0.1, 0.15) is 22.7 Å². The number of benzene rings is 2. The molecular weight excluding hydrogens is 430 g/mol. The van der Waals surface area contributed by atoms with E-state index in [0.717, 1.165) is 11.1 Å². The van der Waals surface area contributed by atoms with Gasteiger partial charge in [0.05, 0.1) is 11.6 Å². The first-order valence-electron chi connectivity index (χ1n) is 11.1. The van der Waals surface area contributed by atoms with Crippen molar-refractivity contribution in [3.8, 4) is 5.75 Å². The van der Waals surface area contributed by atoms with Crippen LogP contribution in [0.15, 0.2) is 84.7 Å². The van der Waals surface area contributed by atoms with Crippen molar-refractivity contribution in [3.05, 3.63) is 101 Å². The Morgan fingerprint density at radius 2 is 1.68 bits per heavy atom. The zero-order valence-corrected chi connectivity index (χ0v) is 19.2. The Morgan fingerprint density at radius 1 is 1.00 bits per heavy atom. The minimum atomic E-state index is -0.692. The molecule has 0 spiro atoms. The first kappa shape index (κ1) is 23.2. The Hall–Kier alpha value is -3.97. The number of aliphatic hydroxyl groups is 1. The van der Waals surface area contributed by atoms with E-state index in [2.05, 4.69) is 4.98 Å². The average Bonchev–Trinajstić information content (AvgIpc) is 3.12. The van der Waals surface area contributed by atoms with Gasteiger partial charge >= 0.3 is 0 Å². The minimum Gasteiger partial charge on any atom is -0.507 e. The molecule has 0 saturated carbocycles. The number of carbonyl (C=O) groups excluding carboxylic acids is 2. The van der Waals surface area contributed by atoms with E-state index >= 15 is 0 Å². The third kappa shape index (κ3) is 5.00. The Kier molecular flexibility index (Phi) is 7.04. The number of rotatable bonds is 8. The molecule has 4 rings (SSSR count). The summed E-state index contributed by atoms with van der Waals surface area (Å²) in [6.45, 7) is 1.36. The molecule has 1 N–H and O–H groups in total. The van der Waals surface area contributed by atoms with Crippen molar-refractivity contribution in [1.29, 1.82) is 0 Å². The van der Waals surface area contributed by atoms with Gasteiger partial charge in [-0.2, -0.15) is 0 Å². The van der Waals surface area contributed by atoms with Crippen LogP contribution in [0.25, 0.3) is 5.76 Å². The van der Waals surface area contributed by atoms with Gasteiger partial charge < -0.3 is 19.6 Å². The molecule has 1 aromatic heterocycles. The zero-order chi connectivity index (χ0) is 24.1. The van der Waals surface area contributed by atoms with Gasteiger partial charge in [0.15, 0.2) is 0 Å². The number of Topliss-reactive ketones (excluding diaryl/α,β-unsaturated/α-hetero) is 1. The lowest BCUT2D eigenvalue weighted by atomic mass is 9.96. The predicted octanol–water partition coefficient (Wildman–Crippen LogP) is 3.64. The molecule has 7 heteroatoms. The van der Waals surface area contributed by atoms with Crippen LogP contribution in [-0.2, 0) is 16.2 Å². The molecule has 34 heavy (non-hydrogen) atoms. The fourth-order valence-corrected chi connectivity index (χ4v) is 3.92. The van der Waals surface area contributed by atoms with Crippen LogP contribution >= 0.6 is 0 Å². The van der Waals surface area contributed by atoms with Crippen molar-refractivity contribution in [2.45, 2.75) is 12.6 Å². The van der Waals surface area contributed by atoms with E-state index in [1.54, 1.807) is 48.8 Å². The summed E-state index contributed by atoms with van der Waals surface area (Å²) in [5, 5.41) is 11.1. The molecule has 0 bridgehead atoms. The summed E-state index contributed by atoms with van der Waals surface area (Å²) < 4.78 is 5.81. The monoisotopic (exact) mass is 457 g/mol. The van der Waals surface area contributed by atoms with Crippen LogP contribution in [0.4, 0.5) is 0 Å². The van der Waals surface area contributed by atoms with Crippen molar-refractivity contribution in [2.24, 2.45) is 0 Å². The Labute approximate surface area is 198 Å². The summed E-state index contributed by atoms with van der Waals surface area (Å²) in [6.07, 6.45) is 3.22. The number of likely N-dealkylation sites (tertiary alicyclic amines) is 1. The first-order valence-corrected chi connectivity index (χ1v) is 11.1. The fourth-order valence-electron chi connectivity index (χ4n) is 3.92. The van der Waals surface area contributed by atoms with E-state index in [4.69, 9.17) is 4.74 Å². The van der Waals surface area contributed by atoms with Crippen LogP contribution < -0.4 is 4.74 Å². The van der Waals surface area contributed by atoms with Gasteiger partial charge in [-0.3, -0.25) is 14.6 Å². The highest BCUT2D eigenvalue weighted by Crippen LogP contribution is 2.39. The Morgan fingerprint density at radius 3 is 2.32 bits per heavy atom. The third-order valence-electron chi connectivity index (χ3n) is 5.73. The van der Waals surface area contributed by atoms with Gasteiger partial charge in [0, 0.05) is 31.0 Å². The van der Waals surface area contributed by atoms with Crippen LogP contribution in [0, 0.1) is 0 Å². The second-order valence-corrected chi connectivity index (χ2v) is 8.37. The van der Waals surface area contributed by atoms with Crippen molar-refractivity contribution in [2.75, 3.05) is 27.2 Å². The number of ketones is 1. The van der Waals surface area contributed by atoms with E-state index in [9.17, 15) is 14.7 Å². The summed E-state index contributed by atoms with van der Waals surface area (Å²) in [7, 11) is 3.80. The largest absolute Gasteiger partial charge is 0.507 e. The SMILES string of the molecule is CN(C)CCN1C(=O)C(=O)C(=C(O)c2ccc(OCc3ccccc3)cc2)[C@H]1c1ccncc1. The number of nitrogens with zero attached hydrogens (tertiary/aromatic N) is 3. The van der Waals surface area contributed by atoms with Crippen LogP contribution in [0.3, 0.4) is 0 Å². The third-order valence-corrected chi connectivity index (χ3v) is 5.73. The summed E-state index contributed by atoms with van der Waals surface area (Å²) in [5.41, 5.74) is 2.28. The molecule has 0 aliphatic carbocycles. The van der Waals surface area contributed by atoms with Crippen LogP contribution in [0.2, 0.25) is 0 Å². The zero-order valence-electron chi connectivity index (χ0n) is 19.2. The molecule has 0 unspecified atom stereocenters. The topological polar surface area (TPSA) is 83.0 Å². The Balaban J connectivity index is 1.63. The molecule has 1 atom stereocenters. The maximum Gasteiger partial charge on any atom is 0.295 e. The number of aliphatic hydroxyl groups excluding tert-OH is 1. The molecule has 7 nitrogen and oxygen atoms in total. The lowest BCUT2D eigenvalue weighted by Gasteiger charge is -2.26.